The molecule has 1 N–H and O–H groups in total. The van der Waals surface area contributed by atoms with Crippen molar-refractivity contribution in [3.8, 4) is 0 Å². The number of benzene rings is 2. The zero-order valence-corrected chi connectivity index (χ0v) is 11.1. The minimum Gasteiger partial charge on any atom is -0.478 e. The minimum atomic E-state index is -1.07. The van der Waals surface area contributed by atoms with Crippen molar-refractivity contribution in [1.82, 2.24) is 0 Å². The Morgan fingerprint density at radius 3 is 2.68 bits per heavy atom. The minimum absolute atomic E-state index is 0.0640. The summed E-state index contributed by atoms with van der Waals surface area (Å²) in [5.74, 6) is -1.07. The highest BCUT2D eigenvalue weighted by atomic mass is 79.9. The van der Waals surface area contributed by atoms with E-state index < -0.39 is 5.97 Å². The number of hydrogen-bond donors (Lipinski definition) is 1. The Bertz CT molecular complexity index is 880. The second kappa shape index (κ2) is 4.20. The molecular formula is C14H7BrO4. The lowest BCUT2D eigenvalue weighted by Gasteiger charge is -2.03. The van der Waals surface area contributed by atoms with Crippen LogP contribution < -0.4 is 5.43 Å². The first-order valence-electron chi connectivity index (χ1n) is 5.46. The quantitative estimate of drug-likeness (QED) is 0.698. The van der Waals surface area contributed by atoms with Gasteiger partial charge >= 0.3 is 5.97 Å². The number of fused-ring (bicyclic) bond motifs is 2. The third-order valence-corrected chi connectivity index (χ3v) is 3.52. The highest BCUT2D eigenvalue weighted by Gasteiger charge is 2.12. The van der Waals surface area contributed by atoms with Crippen LogP contribution in [-0.4, -0.2) is 11.1 Å². The molecule has 0 radical (unpaired) electrons. The Labute approximate surface area is 115 Å². The molecule has 0 amide bonds. The summed E-state index contributed by atoms with van der Waals surface area (Å²) in [6, 6.07) is 9.41. The fourth-order valence-corrected chi connectivity index (χ4v) is 2.42. The Hall–Kier alpha value is -2.14. The van der Waals surface area contributed by atoms with Crippen LogP contribution in [0, 0.1) is 0 Å². The maximum Gasteiger partial charge on any atom is 0.335 e. The van der Waals surface area contributed by atoms with Gasteiger partial charge in [0, 0.05) is 0 Å². The van der Waals surface area contributed by atoms with Crippen LogP contribution in [-0.2, 0) is 0 Å². The van der Waals surface area contributed by atoms with Gasteiger partial charge in [-0.15, -0.1) is 0 Å². The first-order valence-corrected chi connectivity index (χ1v) is 6.25. The van der Waals surface area contributed by atoms with Crippen molar-refractivity contribution in [2.75, 3.05) is 0 Å². The normalized spacial score (nSPS) is 11.0. The van der Waals surface area contributed by atoms with Gasteiger partial charge in [0.1, 0.15) is 5.58 Å². The fraction of sp³-hybridized carbons (Fsp3) is 0. The molecule has 94 valence electrons. The van der Waals surface area contributed by atoms with E-state index in [2.05, 4.69) is 15.9 Å². The first kappa shape index (κ1) is 11.9. The lowest BCUT2D eigenvalue weighted by molar-refractivity contribution is 0.0697. The average molecular weight is 319 g/mol. The zero-order valence-electron chi connectivity index (χ0n) is 9.51. The number of carboxylic acid groups (broad SMARTS) is 1. The number of carbonyl (C=O) groups is 1. The molecule has 0 aliphatic carbocycles. The molecule has 3 rings (SSSR count). The van der Waals surface area contributed by atoms with Crippen molar-refractivity contribution in [2.45, 2.75) is 0 Å². The summed E-state index contributed by atoms with van der Waals surface area (Å²) in [5, 5.41) is 9.64. The summed E-state index contributed by atoms with van der Waals surface area (Å²) in [5.41, 5.74) is 0.660. The van der Waals surface area contributed by atoms with Crippen molar-refractivity contribution < 1.29 is 14.3 Å². The highest BCUT2D eigenvalue weighted by Crippen LogP contribution is 2.25. The molecule has 0 fully saturated rings. The van der Waals surface area contributed by atoms with Gasteiger partial charge < -0.3 is 9.52 Å². The van der Waals surface area contributed by atoms with Gasteiger partial charge in [-0.2, -0.15) is 0 Å². The molecule has 1 heterocycles. The molecule has 0 unspecified atom stereocenters. The van der Waals surface area contributed by atoms with Gasteiger partial charge in [0.25, 0.3) is 0 Å². The fourth-order valence-electron chi connectivity index (χ4n) is 1.98. The monoisotopic (exact) mass is 318 g/mol. The smallest absolute Gasteiger partial charge is 0.335 e. The van der Waals surface area contributed by atoms with E-state index in [0.29, 0.717) is 21.0 Å². The lowest BCUT2D eigenvalue weighted by Crippen LogP contribution is -2.04. The van der Waals surface area contributed by atoms with E-state index in [-0.39, 0.29) is 16.4 Å². The van der Waals surface area contributed by atoms with Gasteiger partial charge in [0.15, 0.2) is 5.58 Å². The molecule has 1 aromatic heterocycles. The summed E-state index contributed by atoms with van der Waals surface area (Å²) in [7, 11) is 0. The number of hydrogen-bond acceptors (Lipinski definition) is 3. The molecule has 3 aromatic rings. The van der Waals surface area contributed by atoms with E-state index in [4.69, 9.17) is 9.52 Å². The molecular weight excluding hydrogens is 312 g/mol. The van der Waals surface area contributed by atoms with Gasteiger partial charge in [0.05, 0.1) is 20.8 Å². The Morgan fingerprint density at radius 1 is 1.16 bits per heavy atom. The summed E-state index contributed by atoms with van der Waals surface area (Å²) >= 11 is 3.33. The highest BCUT2D eigenvalue weighted by molar-refractivity contribution is 9.10. The largest absolute Gasteiger partial charge is 0.478 e. The van der Waals surface area contributed by atoms with Crippen LogP contribution in [0.5, 0.6) is 0 Å². The standard InChI is InChI=1S/C14H7BrO4/c15-10-3-1-2-8-12(16)9-6-7(14(17)18)4-5-11(9)19-13(8)10/h1-6H,(H,17,18). The van der Waals surface area contributed by atoms with Crippen LogP contribution in [0.2, 0.25) is 0 Å². The molecule has 0 atom stereocenters. The summed E-state index contributed by atoms with van der Waals surface area (Å²) < 4.78 is 6.34. The Morgan fingerprint density at radius 2 is 1.95 bits per heavy atom. The first-order chi connectivity index (χ1) is 9.08. The van der Waals surface area contributed by atoms with Crippen molar-refractivity contribution in [2.24, 2.45) is 0 Å². The maximum absolute atomic E-state index is 12.3. The molecule has 0 saturated heterocycles. The molecule has 2 aromatic carbocycles. The van der Waals surface area contributed by atoms with Crippen molar-refractivity contribution in [3.05, 3.63) is 56.7 Å². The van der Waals surface area contributed by atoms with E-state index >= 15 is 0 Å². The van der Waals surface area contributed by atoms with Crippen molar-refractivity contribution in [3.63, 3.8) is 0 Å². The number of aromatic carboxylic acids is 1. The summed E-state index contributed by atoms with van der Waals surface area (Å²) in [6.07, 6.45) is 0. The number of para-hydroxylation sites is 1. The van der Waals surface area contributed by atoms with E-state index in [1.807, 2.05) is 0 Å². The molecule has 0 saturated carbocycles. The van der Waals surface area contributed by atoms with Crippen LogP contribution in [0.15, 0.2) is 50.1 Å². The molecule has 0 aliphatic heterocycles. The summed E-state index contributed by atoms with van der Waals surface area (Å²) in [4.78, 5) is 23.3. The van der Waals surface area contributed by atoms with Gasteiger partial charge in [-0.25, -0.2) is 4.79 Å². The van der Waals surface area contributed by atoms with E-state index in [0.717, 1.165) is 0 Å². The van der Waals surface area contributed by atoms with Crippen LogP contribution >= 0.6 is 15.9 Å². The number of halogens is 1. The summed E-state index contributed by atoms with van der Waals surface area (Å²) in [6.45, 7) is 0. The third-order valence-electron chi connectivity index (χ3n) is 2.89. The van der Waals surface area contributed by atoms with Crippen LogP contribution in [0.1, 0.15) is 10.4 Å². The van der Waals surface area contributed by atoms with Gasteiger partial charge in [-0.3, -0.25) is 4.79 Å². The van der Waals surface area contributed by atoms with E-state index in [1.54, 1.807) is 18.2 Å². The van der Waals surface area contributed by atoms with Crippen LogP contribution in [0.3, 0.4) is 0 Å². The SMILES string of the molecule is O=C(O)c1ccc2oc3c(Br)cccc3c(=O)c2c1. The van der Waals surface area contributed by atoms with Crippen molar-refractivity contribution >= 4 is 43.8 Å². The Kier molecular flexibility index (Phi) is 2.64. The second-order valence-corrected chi connectivity index (χ2v) is 4.92. The average Bonchev–Trinajstić information content (AvgIpc) is 2.40. The zero-order chi connectivity index (χ0) is 13.6. The predicted octanol–water partition coefficient (Wildman–Crippen LogP) is 3.41. The number of rotatable bonds is 1. The topological polar surface area (TPSA) is 67.5 Å². The lowest BCUT2D eigenvalue weighted by atomic mass is 10.1. The van der Waals surface area contributed by atoms with E-state index in [9.17, 15) is 9.59 Å². The van der Waals surface area contributed by atoms with Gasteiger partial charge in [-0.05, 0) is 46.3 Å². The molecule has 5 heteroatoms. The molecule has 19 heavy (non-hydrogen) atoms. The van der Waals surface area contributed by atoms with Crippen LogP contribution in [0.4, 0.5) is 0 Å². The number of carboxylic acids is 1. The molecule has 0 spiro atoms. The van der Waals surface area contributed by atoms with Gasteiger partial charge in [0.2, 0.25) is 5.43 Å². The third kappa shape index (κ3) is 1.82. The maximum atomic E-state index is 12.3. The van der Waals surface area contributed by atoms with E-state index in [1.165, 1.54) is 18.2 Å². The Balaban J connectivity index is 2.51. The second-order valence-electron chi connectivity index (χ2n) is 4.06. The molecule has 0 bridgehead atoms. The van der Waals surface area contributed by atoms with Crippen LogP contribution in [0.25, 0.3) is 21.9 Å². The molecule has 0 aliphatic rings. The van der Waals surface area contributed by atoms with Crippen molar-refractivity contribution in [1.29, 1.82) is 0 Å². The van der Waals surface area contributed by atoms with Gasteiger partial charge in [-0.1, -0.05) is 6.07 Å². The predicted molar refractivity (Wildman–Crippen MR) is 74.6 cm³/mol. The molecule has 4 nitrogen and oxygen atoms in total.